The van der Waals surface area contributed by atoms with Crippen LogP contribution < -0.4 is 5.32 Å². The molecular weight excluding hydrogens is 252 g/mol. The zero-order valence-corrected chi connectivity index (χ0v) is 12.0. The highest BCUT2D eigenvalue weighted by Gasteiger charge is 2.16. The Bertz CT molecular complexity index is 483. The van der Waals surface area contributed by atoms with Crippen molar-refractivity contribution in [3.05, 3.63) is 71.8 Å². The Morgan fingerprint density at radius 2 is 1.42 bits per heavy atom. The van der Waals surface area contributed by atoms with Gasteiger partial charge in [0.2, 0.25) is 0 Å². The fourth-order valence-electron chi connectivity index (χ4n) is 1.92. The molecular formula is C16H18N2S. The van der Waals surface area contributed by atoms with Gasteiger partial charge >= 0.3 is 0 Å². The molecule has 98 valence electrons. The van der Waals surface area contributed by atoms with E-state index in [9.17, 15) is 0 Å². The van der Waals surface area contributed by atoms with Gasteiger partial charge in [0.25, 0.3) is 0 Å². The molecule has 0 fully saturated rings. The second-order valence-electron chi connectivity index (χ2n) is 4.10. The van der Waals surface area contributed by atoms with Crippen LogP contribution in [-0.2, 0) is 0 Å². The number of nitrogens with one attached hydrogen (secondary N) is 1. The molecule has 2 rings (SSSR count). The smallest absolute Gasteiger partial charge is 0.156 e. The standard InChI is InChI=1S/C16H18N2S/c1-17-16(18-2)19-15(13-9-5-3-6-10-13)14-11-7-4-8-12-14/h3-12,15H,1-2H3,(H,17,18). The lowest BCUT2D eigenvalue weighted by Crippen LogP contribution is -2.16. The van der Waals surface area contributed by atoms with Crippen molar-refractivity contribution in [2.45, 2.75) is 5.25 Å². The van der Waals surface area contributed by atoms with Crippen molar-refractivity contribution in [3.63, 3.8) is 0 Å². The van der Waals surface area contributed by atoms with E-state index in [0.29, 0.717) is 0 Å². The summed E-state index contributed by atoms with van der Waals surface area (Å²) >= 11 is 1.73. The Morgan fingerprint density at radius 1 is 0.947 bits per heavy atom. The minimum absolute atomic E-state index is 0.258. The van der Waals surface area contributed by atoms with Crippen molar-refractivity contribution < 1.29 is 0 Å². The fraction of sp³-hybridized carbons (Fsp3) is 0.188. The van der Waals surface area contributed by atoms with Crippen LogP contribution in [0.25, 0.3) is 0 Å². The van der Waals surface area contributed by atoms with Gasteiger partial charge in [-0.3, -0.25) is 4.99 Å². The maximum absolute atomic E-state index is 4.27. The maximum Gasteiger partial charge on any atom is 0.156 e. The summed E-state index contributed by atoms with van der Waals surface area (Å²) in [6.07, 6.45) is 0. The van der Waals surface area contributed by atoms with E-state index >= 15 is 0 Å². The van der Waals surface area contributed by atoms with Crippen LogP contribution in [0.15, 0.2) is 65.7 Å². The summed E-state index contributed by atoms with van der Waals surface area (Å²) < 4.78 is 0. The molecule has 0 aliphatic heterocycles. The third-order valence-electron chi connectivity index (χ3n) is 2.85. The lowest BCUT2D eigenvalue weighted by atomic mass is 10.0. The van der Waals surface area contributed by atoms with Gasteiger partial charge in [0.15, 0.2) is 5.17 Å². The first-order valence-electron chi connectivity index (χ1n) is 6.26. The molecule has 0 unspecified atom stereocenters. The minimum atomic E-state index is 0.258. The maximum atomic E-state index is 4.27. The Hall–Kier alpha value is -1.74. The van der Waals surface area contributed by atoms with Crippen LogP contribution >= 0.6 is 11.8 Å². The van der Waals surface area contributed by atoms with Crippen LogP contribution in [0.1, 0.15) is 16.4 Å². The van der Waals surface area contributed by atoms with Gasteiger partial charge in [-0.05, 0) is 11.1 Å². The van der Waals surface area contributed by atoms with Crippen molar-refractivity contribution in [1.29, 1.82) is 0 Å². The normalized spacial score (nSPS) is 11.6. The summed E-state index contributed by atoms with van der Waals surface area (Å²) in [5, 5.41) is 4.33. The third kappa shape index (κ3) is 3.61. The number of benzene rings is 2. The first-order chi connectivity index (χ1) is 9.35. The van der Waals surface area contributed by atoms with Crippen LogP contribution in [0.4, 0.5) is 0 Å². The summed E-state index contributed by atoms with van der Waals surface area (Å²) in [4.78, 5) is 4.27. The SMILES string of the molecule is CN=C(NC)SC(c1ccccc1)c1ccccc1. The zero-order valence-electron chi connectivity index (χ0n) is 11.2. The van der Waals surface area contributed by atoms with E-state index < -0.39 is 0 Å². The molecule has 3 heteroatoms. The highest BCUT2D eigenvalue weighted by molar-refractivity contribution is 8.14. The Kier molecular flexibility index (Phi) is 5.04. The molecule has 0 spiro atoms. The number of nitrogens with zero attached hydrogens (tertiary/aromatic N) is 1. The lowest BCUT2D eigenvalue weighted by molar-refractivity contribution is 1.14. The number of hydrogen-bond acceptors (Lipinski definition) is 2. The summed E-state index contributed by atoms with van der Waals surface area (Å²) in [6.45, 7) is 0. The van der Waals surface area contributed by atoms with Gasteiger partial charge < -0.3 is 5.32 Å². The van der Waals surface area contributed by atoms with E-state index in [-0.39, 0.29) is 5.25 Å². The summed E-state index contributed by atoms with van der Waals surface area (Å²) in [5.41, 5.74) is 2.57. The quantitative estimate of drug-likeness (QED) is 0.679. The Labute approximate surface area is 119 Å². The molecule has 0 aromatic heterocycles. The molecule has 2 aromatic carbocycles. The lowest BCUT2D eigenvalue weighted by Gasteiger charge is -2.18. The molecule has 2 aromatic rings. The second kappa shape index (κ2) is 7.00. The van der Waals surface area contributed by atoms with Crippen molar-refractivity contribution in [3.8, 4) is 0 Å². The average Bonchev–Trinajstić information content (AvgIpc) is 2.50. The van der Waals surface area contributed by atoms with Crippen LogP contribution in [0.2, 0.25) is 0 Å². The number of amidine groups is 1. The minimum Gasteiger partial charge on any atom is -0.368 e. The molecule has 0 amide bonds. The molecule has 0 aliphatic carbocycles. The van der Waals surface area contributed by atoms with Gasteiger partial charge in [-0.1, -0.05) is 72.4 Å². The van der Waals surface area contributed by atoms with Crippen molar-refractivity contribution in [1.82, 2.24) is 5.32 Å². The van der Waals surface area contributed by atoms with Crippen LogP contribution in [-0.4, -0.2) is 19.3 Å². The molecule has 2 nitrogen and oxygen atoms in total. The van der Waals surface area contributed by atoms with Gasteiger partial charge in [0.05, 0.1) is 5.25 Å². The van der Waals surface area contributed by atoms with E-state index in [0.717, 1.165) is 5.17 Å². The van der Waals surface area contributed by atoms with E-state index in [1.165, 1.54) is 11.1 Å². The highest BCUT2D eigenvalue weighted by Crippen LogP contribution is 2.35. The fourth-order valence-corrected chi connectivity index (χ4v) is 2.95. The van der Waals surface area contributed by atoms with E-state index in [1.807, 2.05) is 26.2 Å². The Morgan fingerprint density at radius 3 is 1.79 bits per heavy atom. The molecule has 0 atom stereocenters. The van der Waals surface area contributed by atoms with E-state index in [1.54, 1.807) is 11.8 Å². The van der Waals surface area contributed by atoms with Crippen molar-refractivity contribution >= 4 is 16.9 Å². The number of rotatable bonds is 3. The zero-order chi connectivity index (χ0) is 13.5. The third-order valence-corrected chi connectivity index (χ3v) is 4.24. The first-order valence-corrected chi connectivity index (χ1v) is 7.14. The molecule has 0 bridgehead atoms. The van der Waals surface area contributed by atoms with E-state index in [4.69, 9.17) is 0 Å². The van der Waals surface area contributed by atoms with Gasteiger partial charge in [-0.25, -0.2) is 0 Å². The van der Waals surface area contributed by atoms with E-state index in [2.05, 4.69) is 58.8 Å². The molecule has 0 heterocycles. The highest BCUT2D eigenvalue weighted by atomic mass is 32.2. The predicted octanol–water partition coefficient (Wildman–Crippen LogP) is 3.71. The van der Waals surface area contributed by atoms with Crippen molar-refractivity contribution in [2.24, 2.45) is 4.99 Å². The first kappa shape index (κ1) is 13.7. The monoisotopic (exact) mass is 270 g/mol. The Balaban J connectivity index is 2.34. The van der Waals surface area contributed by atoms with Gasteiger partial charge in [0, 0.05) is 14.1 Å². The molecule has 1 N–H and O–H groups in total. The van der Waals surface area contributed by atoms with Gasteiger partial charge in [-0.2, -0.15) is 0 Å². The van der Waals surface area contributed by atoms with Crippen molar-refractivity contribution in [2.75, 3.05) is 14.1 Å². The van der Waals surface area contributed by atoms with Crippen LogP contribution in [0.3, 0.4) is 0 Å². The summed E-state index contributed by atoms with van der Waals surface area (Å²) in [7, 11) is 3.72. The average molecular weight is 270 g/mol. The summed E-state index contributed by atoms with van der Waals surface area (Å²) in [5.74, 6) is 0. The molecule has 19 heavy (non-hydrogen) atoms. The number of thioether (sulfide) groups is 1. The molecule has 0 aliphatic rings. The predicted molar refractivity (Wildman–Crippen MR) is 84.7 cm³/mol. The second-order valence-corrected chi connectivity index (χ2v) is 5.19. The molecule has 0 saturated heterocycles. The topological polar surface area (TPSA) is 24.4 Å². The van der Waals surface area contributed by atoms with Gasteiger partial charge in [-0.15, -0.1) is 0 Å². The molecule has 0 saturated carbocycles. The number of aliphatic imine (C=N–C) groups is 1. The number of hydrogen-bond donors (Lipinski definition) is 1. The molecule has 0 radical (unpaired) electrons. The van der Waals surface area contributed by atoms with Gasteiger partial charge in [0.1, 0.15) is 0 Å². The summed E-state index contributed by atoms with van der Waals surface area (Å²) in [6, 6.07) is 21.0. The van der Waals surface area contributed by atoms with Crippen LogP contribution in [0.5, 0.6) is 0 Å². The van der Waals surface area contributed by atoms with Crippen LogP contribution in [0, 0.1) is 0 Å². The largest absolute Gasteiger partial charge is 0.368 e.